The van der Waals surface area contributed by atoms with Gasteiger partial charge in [-0.15, -0.1) is 10.2 Å². The number of rotatable bonds is 21. The molecule has 424 valence electrons. The number of nitrogens with one attached hydrogen (secondary N) is 2. The molecule has 22 heteroatoms. The van der Waals surface area contributed by atoms with E-state index in [1.54, 1.807) is 119 Å². The summed E-state index contributed by atoms with van der Waals surface area (Å²) < 4.78 is 85.3. The maximum absolute atomic E-state index is 16.4. The summed E-state index contributed by atoms with van der Waals surface area (Å²) in [6.45, 7) is 15.2. The Labute approximate surface area is 470 Å². The summed E-state index contributed by atoms with van der Waals surface area (Å²) in [6, 6.07) is 34.8. The molecule has 1 atom stereocenters. The maximum atomic E-state index is 16.4. The van der Waals surface area contributed by atoms with Gasteiger partial charge in [-0.25, -0.2) is 26.4 Å². The van der Waals surface area contributed by atoms with Gasteiger partial charge < -0.3 is 24.1 Å². The van der Waals surface area contributed by atoms with Crippen molar-refractivity contribution in [1.82, 2.24) is 39.5 Å². The number of imide groups is 1. The van der Waals surface area contributed by atoms with Gasteiger partial charge >= 0.3 is 6.09 Å². The molecular formula is C58H71N9O10S2Si. The Hall–Kier alpha value is -7.08. The number of piperidine rings is 1. The van der Waals surface area contributed by atoms with Crippen molar-refractivity contribution in [2.24, 2.45) is 0 Å². The van der Waals surface area contributed by atoms with Crippen LogP contribution in [0.15, 0.2) is 143 Å². The lowest BCUT2D eigenvalue weighted by Gasteiger charge is -2.39. The summed E-state index contributed by atoms with van der Waals surface area (Å²) in [5.74, 6) is -0.312. The third kappa shape index (κ3) is 14.1. The van der Waals surface area contributed by atoms with E-state index in [4.69, 9.17) is 19.0 Å². The lowest BCUT2D eigenvalue weighted by atomic mass is 10.0. The second-order valence-corrected chi connectivity index (χ2v) is 30.8. The molecule has 1 saturated heterocycles. The summed E-state index contributed by atoms with van der Waals surface area (Å²) in [5.41, 5.74) is 2.97. The standard InChI is InChI=1S/C58H71N9O10S2Si/c1-57(2,3)76-56(70)59-35-46(77-80(8,9)58(4,5)6)36-60-78(71,72)50-31-30-49(64-33-18-23-43(37-64)32-34-66-54(68)47-24-16-17-25-48(47)55(66)69)51(53-61-63-67(62-53)40-44-26-28-45(75-7)29-27-44)52(50)79(73,74)65(38-41-19-12-10-13-20-41)39-42-21-14-11-15-22-42/h10-17,19-22,24-32,46,60H,18,23,33-40H2,1-9H3,(H,59,70)/t46-/m1/s1. The van der Waals surface area contributed by atoms with Crippen molar-refractivity contribution < 1.29 is 45.1 Å². The summed E-state index contributed by atoms with van der Waals surface area (Å²) in [4.78, 5) is 43.2. The second kappa shape index (κ2) is 24.3. The van der Waals surface area contributed by atoms with E-state index in [0.717, 1.165) is 11.1 Å². The van der Waals surface area contributed by atoms with E-state index >= 15 is 16.8 Å². The van der Waals surface area contributed by atoms with Crippen LogP contribution in [-0.4, -0.2) is 124 Å². The van der Waals surface area contributed by atoms with Crippen LogP contribution in [0.1, 0.15) is 91.8 Å². The molecule has 8 rings (SSSR count). The van der Waals surface area contributed by atoms with Crippen molar-refractivity contribution >= 4 is 52.0 Å². The van der Waals surface area contributed by atoms with Crippen LogP contribution in [0.3, 0.4) is 0 Å². The van der Waals surface area contributed by atoms with Crippen LogP contribution < -0.4 is 19.7 Å². The third-order valence-corrected chi connectivity index (χ3v) is 22.3. The Bertz CT molecular complexity index is 3380. The van der Waals surface area contributed by atoms with Gasteiger partial charge in [-0.2, -0.15) is 9.10 Å². The molecule has 0 radical (unpaired) electrons. The number of hydrogen-bond acceptors (Lipinski definition) is 14. The van der Waals surface area contributed by atoms with Gasteiger partial charge in [-0.1, -0.05) is 117 Å². The summed E-state index contributed by atoms with van der Waals surface area (Å²) in [7, 11) is -10.9. The predicted molar refractivity (Wildman–Crippen MR) is 308 cm³/mol. The van der Waals surface area contributed by atoms with E-state index in [2.05, 4.69) is 20.4 Å². The van der Waals surface area contributed by atoms with Gasteiger partial charge in [0, 0.05) is 51.5 Å². The first-order chi connectivity index (χ1) is 37.8. The molecule has 2 aliphatic heterocycles. The van der Waals surface area contributed by atoms with Gasteiger partial charge in [0.15, 0.2) is 8.32 Å². The highest BCUT2D eigenvalue weighted by atomic mass is 32.2. The number of benzene rings is 5. The van der Waals surface area contributed by atoms with E-state index < -0.39 is 67.8 Å². The molecule has 0 bridgehead atoms. The first-order valence-electron chi connectivity index (χ1n) is 26.5. The van der Waals surface area contributed by atoms with E-state index in [1.807, 2.05) is 69.1 Å². The molecule has 2 aliphatic rings. The number of hydrogen-bond donors (Lipinski definition) is 2. The number of fused-ring (bicyclic) bond motifs is 1. The van der Waals surface area contributed by atoms with Crippen molar-refractivity contribution in [2.45, 2.75) is 114 Å². The molecule has 80 heavy (non-hydrogen) atoms. The van der Waals surface area contributed by atoms with Gasteiger partial charge in [-0.3, -0.25) is 14.5 Å². The summed E-state index contributed by atoms with van der Waals surface area (Å²) in [5, 5.41) is 16.2. The van der Waals surface area contributed by atoms with Crippen molar-refractivity contribution in [3.05, 3.63) is 161 Å². The molecule has 3 heterocycles. The van der Waals surface area contributed by atoms with Crippen molar-refractivity contribution in [3.8, 4) is 17.1 Å². The molecule has 5 aromatic carbocycles. The van der Waals surface area contributed by atoms with Crippen LogP contribution in [0.5, 0.6) is 5.75 Å². The van der Waals surface area contributed by atoms with Crippen LogP contribution in [0.4, 0.5) is 10.5 Å². The second-order valence-electron chi connectivity index (χ2n) is 22.4. The van der Waals surface area contributed by atoms with Crippen LogP contribution >= 0.6 is 0 Å². The lowest BCUT2D eigenvalue weighted by Crippen LogP contribution is -2.51. The maximum Gasteiger partial charge on any atom is 0.407 e. The predicted octanol–water partition coefficient (Wildman–Crippen LogP) is 8.80. The molecule has 6 aromatic rings. The SMILES string of the molecule is COc1ccc(Cn2nnc(-c3c(N4CCCC(=CCN5C(=O)c6ccccc6C5=O)C4)ccc(S(=O)(=O)NC[C@@H](CNC(=O)OC(C)(C)C)O[Si](C)(C)C(C)(C)C)c3S(=O)(=O)N(Cc3ccccc3)Cc3ccccc3)n2)cc1. The summed E-state index contributed by atoms with van der Waals surface area (Å²) >= 11 is 0. The highest BCUT2D eigenvalue weighted by Gasteiger charge is 2.42. The minimum absolute atomic E-state index is 0.00740. The monoisotopic (exact) mass is 1150 g/mol. The lowest BCUT2D eigenvalue weighted by molar-refractivity contribution is 0.0497. The number of carbonyl (C=O) groups is 3. The largest absolute Gasteiger partial charge is 0.497 e. The molecule has 0 unspecified atom stereocenters. The number of sulfonamides is 2. The van der Waals surface area contributed by atoms with Gasteiger partial charge in [0.05, 0.1) is 36.4 Å². The normalized spacial score (nSPS) is 15.3. The fourth-order valence-corrected chi connectivity index (χ4v) is 14.0. The zero-order valence-corrected chi connectivity index (χ0v) is 49.4. The molecule has 0 saturated carbocycles. The Kier molecular flexibility index (Phi) is 18.0. The molecule has 3 amide bonds. The molecule has 19 nitrogen and oxygen atoms in total. The van der Waals surface area contributed by atoms with Gasteiger partial charge in [0.25, 0.3) is 11.8 Å². The van der Waals surface area contributed by atoms with Crippen LogP contribution in [-0.2, 0) is 48.8 Å². The van der Waals surface area contributed by atoms with E-state index in [1.165, 1.54) is 20.1 Å². The fourth-order valence-electron chi connectivity index (χ4n) is 9.17. The first-order valence-corrected chi connectivity index (χ1v) is 32.4. The molecule has 1 aromatic heterocycles. The number of aromatic nitrogens is 4. The molecular weight excluding hydrogens is 1070 g/mol. The van der Waals surface area contributed by atoms with Crippen LogP contribution in [0.25, 0.3) is 11.4 Å². The van der Waals surface area contributed by atoms with Crippen molar-refractivity contribution in [3.63, 3.8) is 0 Å². The number of amides is 3. The third-order valence-electron chi connectivity index (χ3n) is 14.3. The zero-order valence-electron chi connectivity index (χ0n) is 46.8. The number of ether oxygens (including phenoxy) is 2. The van der Waals surface area contributed by atoms with Crippen LogP contribution in [0.2, 0.25) is 18.1 Å². The Morgan fingerprint density at radius 1 is 0.787 bits per heavy atom. The number of methoxy groups -OCH3 is 1. The molecule has 1 fully saturated rings. The average molecular weight is 1150 g/mol. The topological polar surface area (TPSA) is 225 Å². The van der Waals surface area contributed by atoms with E-state index in [0.29, 0.717) is 53.1 Å². The Morgan fingerprint density at radius 2 is 1.39 bits per heavy atom. The number of carbonyl (C=O) groups excluding carboxylic acids is 3. The van der Waals surface area contributed by atoms with E-state index in [-0.39, 0.29) is 62.2 Å². The van der Waals surface area contributed by atoms with Gasteiger partial charge in [0.2, 0.25) is 25.9 Å². The number of tetrazole rings is 1. The summed E-state index contributed by atoms with van der Waals surface area (Å²) in [6.07, 6.45) is 1.38. The number of alkyl carbamates (subject to hydrolysis) is 1. The van der Waals surface area contributed by atoms with Crippen molar-refractivity contribution in [1.29, 1.82) is 0 Å². The molecule has 0 spiro atoms. The zero-order chi connectivity index (χ0) is 57.6. The average Bonchev–Trinajstić information content (AvgIpc) is 3.98. The fraction of sp³-hybridized carbons (Fsp3) is 0.379. The molecule has 2 N–H and O–H groups in total. The Balaban J connectivity index is 1.28. The smallest absolute Gasteiger partial charge is 0.407 e. The first kappa shape index (κ1) is 59.0. The van der Waals surface area contributed by atoms with E-state index in [9.17, 15) is 14.4 Å². The number of nitrogens with zero attached hydrogens (tertiary/aromatic N) is 7. The van der Waals surface area contributed by atoms with Gasteiger partial charge in [-0.05, 0) is 110 Å². The quantitative estimate of drug-likeness (QED) is 0.0390. The minimum atomic E-state index is -4.95. The van der Waals surface area contributed by atoms with Crippen LogP contribution in [0, 0.1) is 0 Å². The molecule has 0 aliphatic carbocycles. The Morgan fingerprint density at radius 3 is 1.96 bits per heavy atom. The minimum Gasteiger partial charge on any atom is -0.497 e. The highest BCUT2D eigenvalue weighted by Crippen LogP contribution is 2.43. The number of anilines is 1. The highest BCUT2D eigenvalue weighted by molar-refractivity contribution is 7.92. The van der Waals surface area contributed by atoms with Crippen molar-refractivity contribution in [2.75, 3.05) is 44.7 Å². The van der Waals surface area contributed by atoms with Gasteiger partial charge in [0.1, 0.15) is 21.1 Å².